The van der Waals surface area contributed by atoms with Crippen molar-refractivity contribution in [2.75, 3.05) is 19.6 Å². The molecule has 1 aliphatic rings. The predicted molar refractivity (Wildman–Crippen MR) is 108 cm³/mol. The Hall–Kier alpha value is -4.02. The fourth-order valence-corrected chi connectivity index (χ4v) is 2.62. The minimum atomic E-state index is -1.02. The Morgan fingerprint density at radius 1 is 0.806 bits per heavy atom. The second kappa shape index (κ2) is 11.9. The summed E-state index contributed by atoms with van der Waals surface area (Å²) < 4.78 is 0. The maximum absolute atomic E-state index is 12.6. The summed E-state index contributed by atoms with van der Waals surface area (Å²) in [6, 6.07) is 6.93. The highest BCUT2D eigenvalue weighted by Crippen LogP contribution is 2.03. The van der Waals surface area contributed by atoms with E-state index >= 15 is 0 Å². The summed E-state index contributed by atoms with van der Waals surface area (Å²) in [6.45, 7) is -1.02. The maximum Gasteiger partial charge on any atom is 0.244 e. The average Bonchev–Trinajstić information content (AvgIpc) is 2.77. The third-order valence-corrected chi connectivity index (χ3v) is 4.18. The van der Waals surface area contributed by atoms with Crippen molar-refractivity contribution < 1.29 is 28.8 Å². The quantitative estimate of drug-likeness (QED) is 0.329. The summed E-state index contributed by atoms with van der Waals surface area (Å²) in [5.41, 5.74) is 0.781. The third kappa shape index (κ3) is 8.48. The van der Waals surface area contributed by atoms with E-state index < -0.39 is 54.7 Å². The molecule has 0 aliphatic carbocycles. The zero-order valence-electron chi connectivity index (χ0n) is 16.6. The Morgan fingerprint density at radius 2 is 1.48 bits per heavy atom. The highest BCUT2D eigenvalue weighted by atomic mass is 16.2. The monoisotopic (exact) mass is 429 g/mol. The topological polar surface area (TPSA) is 163 Å². The zero-order valence-corrected chi connectivity index (χ0v) is 16.6. The molecule has 0 bridgehead atoms. The van der Waals surface area contributed by atoms with Crippen molar-refractivity contribution in [1.29, 1.82) is 0 Å². The van der Waals surface area contributed by atoms with E-state index in [1.165, 1.54) is 0 Å². The van der Waals surface area contributed by atoms with Crippen LogP contribution in [0.1, 0.15) is 5.56 Å². The van der Waals surface area contributed by atoms with Gasteiger partial charge in [-0.25, -0.2) is 0 Å². The van der Waals surface area contributed by atoms with Gasteiger partial charge in [0.1, 0.15) is 18.4 Å². The first-order valence-corrected chi connectivity index (χ1v) is 9.46. The molecule has 0 spiro atoms. The number of amides is 5. The van der Waals surface area contributed by atoms with Crippen LogP contribution in [0.3, 0.4) is 0 Å². The summed E-state index contributed by atoms with van der Waals surface area (Å²) in [4.78, 5) is 71.4. The van der Waals surface area contributed by atoms with E-state index in [1.54, 1.807) is 24.3 Å². The van der Waals surface area contributed by atoms with Gasteiger partial charge in [0, 0.05) is 25.1 Å². The first-order valence-electron chi connectivity index (χ1n) is 9.46. The van der Waals surface area contributed by atoms with Crippen LogP contribution in [0.25, 0.3) is 0 Å². The average molecular weight is 429 g/mol. The van der Waals surface area contributed by atoms with Crippen LogP contribution in [-0.2, 0) is 35.2 Å². The lowest BCUT2D eigenvalue weighted by Gasteiger charge is -2.19. The molecule has 0 saturated heterocycles. The highest BCUT2D eigenvalue weighted by molar-refractivity contribution is 5.99. The van der Waals surface area contributed by atoms with Crippen molar-refractivity contribution in [1.82, 2.24) is 26.6 Å². The molecule has 0 unspecified atom stereocenters. The minimum Gasteiger partial charge on any atom is -0.352 e. The first kappa shape index (κ1) is 23.3. The van der Waals surface area contributed by atoms with Crippen molar-refractivity contribution in [2.24, 2.45) is 0 Å². The Balaban J connectivity index is 2.14. The smallest absolute Gasteiger partial charge is 0.244 e. The minimum absolute atomic E-state index is 0.166. The van der Waals surface area contributed by atoms with E-state index in [4.69, 9.17) is 0 Å². The fraction of sp³-hybridized carbons (Fsp3) is 0.300. The summed E-state index contributed by atoms with van der Waals surface area (Å²) in [7, 11) is 0. The predicted octanol–water partition coefficient (Wildman–Crippen LogP) is -2.68. The van der Waals surface area contributed by atoms with Gasteiger partial charge in [-0.1, -0.05) is 30.3 Å². The lowest BCUT2D eigenvalue weighted by Crippen LogP contribution is -2.52. The van der Waals surface area contributed by atoms with Gasteiger partial charge in [-0.15, -0.1) is 0 Å². The molecule has 5 N–H and O–H groups in total. The van der Waals surface area contributed by atoms with Crippen LogP contribution in [0.4, 0.5) is 0 Å². The number of hydrogen-bond donors (Lipinski definition) is 5. The van der Waals surface area contributed by atoms with Crippen molar-refractivity contribution in [2.45, 2.75) is 18.5 Å². The summed E-state index contributed by atoms with van der Waals surface area (Å²) >= 11 is 0. The van der Waals surface area contributed by atoms with Gasteiger partial charge in [-0.2, -0.15) is 0 Å². The molecule has 0 radical (unpaired) electrons. The molecule has 1 aromatic rings. The number of carbonyl (C=O) groups excluding carboxylic acids is 6. The normalized spacial score (nSPS) is 22.6. The second-order valence-electron chi connectivity index (χ2n) is 6.63. The highest BCUT2D eigenvalue weighted by Gasteiger charge is 2.22. The van der Waals surface area contributed by atoms with E-state index in [0.717, 1.165) is 17.7 Å². The van der Waals surface area contributed by atoms with E-state index in [2.05, 4.69) is 26.6 Å². The lowest BCUT2D eigenvalue weighted by molar-refractivity contribution is -0.130. The number of hydrogen-bond acceptors (Lipinski definition) is 6. The van der Waals surface area contributed by atoms with Crippen LogP contribution >= 0.6 is 0 Å². The van der Waals surface area contributed by atoms with E-state index in [1.807, 2.05) is 6.07 Å². The van der Waals surface area contributed by atoms with Crippen LogP contribution in [0.5, 0.6) is 0 Å². The van der Waals surface area contributed by atoms with Crippen LogP contribution < -0.4 is 26.6 Å². The van der Waals surface area contributed by atoms with Crippen LogP contribution in [-0.4, -0.2) is 67.5 Å². The number of rotatable bonds is 3. The molecule has 31 heavy (non-hydrogen) atoms. The summed E-state index contributed by atoms with van der Waals surface area (Å²) in [5, 5.41) is 12.0. The van der Waals surface area contributed by atoms with Crippen molar-refractivity contribution in [3.05, 3.63) is 48.0 Å². The van der Waals surface area contributed by atoms with Gasteiger partial charge >= 0.3 is 0 Å². The summed E-state index contributed by atoms with van der Waals surface area (Å²) in [6.07, 6.45) is 2.39. The van der Waals surface area contributed by atoms with Crippen molar-refractivity contribution in [3.63, 3.8) is 0 Å². The Morgan fingerprint density at radius 3 is 2.19 bits per heavy atom. The lowest BCUT2D eigenvalue weighted by atomic mass is 10.1. The van der Waals surface area contributed by atoms with Gasteiger partial charge in [0.2, 0.25) is 29.5 Å². The molecule has 2 rings (SSSR count). The molecule has 2 atom stereocenters. The Kier molecular flexibility index (Phi) is 8.90. The number of aldehydes is 1. The molecule has 11 heteroatoms. The van der Waals surface area contributed by atoms with Gasteiger partial charge in [0.15, 0.2) is 0 Å². The molecule has 11 nitrogen and oxygen atoms in total. The van der Waals surface area contributed by atoms with Gasteiger partial charge in [0.25, 0.3) is 0 Å². The first-order chi connectivity index (χ1) is 14.9. The number of carbonyl (C=O) groups is 6. The molecular formula is C20H23N5O6. The SMILES string of the molecule is O=C[C@@H]1CNC(=O)CNC(=O)[C@H](Cc2ccccc2)NC(=O)CNC(=O)/C=C\C(=O)N1. The Labute approximate surface area is 178 Å². The van der Waals surface area contributed by atoms with Crippen molar-refractivity contribution in [3.8, 4) is 0 Å². The van der Waals surface area contributed by atoms with Gasteiger partial charge in [0.05, 0.1) is 13.1 Å². The van der Waals surface area contributed by atoms with Crippen molar-refractivity contribution >= 4 is 35.8 Å². The van der Waals surface area contributed by atoms with Gasteiger partial charge in [-0.05, 0) is 5.56 Å². The second-order valence-corrected chi connectivity index (χ2v) is 6.63. The zero-order chi connectivity index (χ0) is 22.6. The van der Waals surface area contributed by atoms with Crippen LogP contribution in [0, 0.1) is 0 Å². The largest absolute Gasteiger partial charge is 0.352 e. The molecule has 1 aliphatic heterocycles. The molecule has 0 saturated carbocycles. The molecule has 1 heterocycles. The molecule has 0 fully saturated rings. The van der Waals surface area contributed by atoms with Crippen LogP contribution in [0.15, 0.2) is 42.5 Å². The number of nitrogens with one attached hydrogen (secondary N) is 5. The van der Waals surface area contributed by atoms with E-state index in [0.29, 0.717) is 6.29 Å². The third-order valence-electron chi connectivity index (χ3n) is 4.18. The standard InChI is InChI=1S/C20H23N5O6/c26-12-14-9-21-18(29)10-23-20(31)15(8-13-4-2-1-3-5-13)25-19(30)11-22-16(27)6-7-17(28)24-14/h1-7,12,14-15H,8-11H2,(H,21,29)(H,22,27)(H,23,31)(H,24,28)(H,25,30)/b7-6-/t14-,15-/m0/s1. The maximum atomic E-state index is 12.6. The molecular weight excluding hydrogens is 406 g/mol. The molecule has 0 aromatic heterocycles. The number of benzene rings is 1. The van der Waals surface area contributed by atoms with Gasteiger partial charge in [-0.3, -0.25) is 24.0 Å². The fourth-order valence-electron chi connectivity index (χ4n) is 2.62. The molecule has 5 amide bonds. The Bertz CT molecular complexity index is 870. The van der Waals surface area contributed by atoms with E-state index in [-0.39, 0.29) is 13.0 Å². The molecule has 164 valence electrons. The summed E-state index contributed by atoms with van der Waals surface area (Å²) in [5.74, 6) is -3.25. The van der Waals surface area contributed by atoms with Crippen LogP contribution in [0.2, 0.25) is 0 Å². The van der Waals surface area contributed by atoms with E-state index in [9.17, 15) is 28.8 Å². The van der Waals surface area contributed by atoms with Gasteiger partial charge < -0.3 is 31.4 Å². The molecule has 1 aromatic carbocycles.